The lowest BCUT2D eigenvalue weighted by Gasteiger charge is -1.98. The fraction of sp³-hybridized carbons (Fsp3) is 0.250. The van der Waals surface area contributed by atoms with Gasteiger partial charge in [0.1, 0.15) is 0 Å². The monoisotopic (exact) mass is 192 g/mol. The zero-order valence-electron chi connectivity index (χ0n) is 7.54. The van der Waals surface area contributed by atoms with Crippen molar-refractivity contribution in [1.29, 1.82) is 0 Å². The summed E-state index contributed by atoms with van der Waals surface area (Å²) in [5, 5.41) is 3.48. The largest absolute Gasteiger partial charge is 0.378 e. The highest BCUT2D eigenvalue weighted by Gasteiger charge is 2.07. The first-order valence-electron chi connectivity index (χ1n) is 3.98. The summed E-state index contributed by atoms with van der Waals surface area (Å²) in [6, 6.07) is 1.77. The quantitative estimate of drug-likeness (QED) is 0.711. The van der Waals surface area contributed by atoms with Gasteiger partial charge in [0.05, 0.1) is 12.3 Å². The van der Waals surface area contributed by atoms with Gasteiger partial charge in [-0.15, -0.1) is 0 Å². The van der Waals surface area contributed by atoms with Gasteiger partial charge in [0.15, 0.2) is 6.33 Å². The lowest BCUT2D eigenvalue weighted by atomic mass is 10.4. The Bertz CT molecular complexity index is 401. The molecule has 0 unspecified atom stereocenters. The molecule has 0 aliphatic carbocycles. The maximum atomic E-state index is 4.94. The number of ether oxygens (including phenoxy) is 1. The zero-order valence-corrected chi connectivity index (χ0v) is 7.54. The first-order chi connectivity index (χ1) is 6.90. The molecule has 0 amide bonds. The van der Waals surface area contributed by atoms with E-state index in [9.17, 15) is 0 Å². The maximum Gasteiger partial charge on any atom is 0.295 e. The second-order valence-corrected chi connectivity index (χ2v) is 2.55. The van der Waals surface area contributed by atoms with E-state index in [2.05, 4.69) is 20.1 Å². The molecular weight excluding hydrogens is 184 g/mol. The van der Waals surface area contributed by atoms with Crippen LogP contribution in [0.2, 0.25) is 0 Å². The minimum atomic E-state index is 0.308. The highest BCUT2D eigenvalue weighted by molar-refractivity contribution is 5.38. The summed E-state index contributed by atoms with van der Waals surface area (Å²) in [4.78, 5) is 12.0. The van der Waals surface area contributed by atoms with Crippen LogP contribution in [0.5, 0.6) is 0 Å². The molecule has 0 bridgehead atoms. The summed E-state index contributed by atoms with van der Waals surface area (Å²) < 4.78 is 9.77. The Morgan fingerprint density at radius 2 is 2.36 bits per heavy atom. The molecule has 0 radical (unpaired) electrons. The van der Waals surface area contributed by atoms with Crippen molar-refractivity contribution in [3.05, 3.63) is 24.3 Å². The molecule has 0 saturated heterocycles. The number of hydrogen-bond acceptors (Lipinski definition) is 6. The van der Waals surface area contributed by atoms with Crippen LogP contribution in [-0.2, 0) is 11.3 Å². The summed E-state index contributed by atoms with van der Waals surface area (Å²) in [7, 11) is 1.61. The summed E-state index contributed by atoms with van der Waals surface area (Å²) in [5.41, 5.74) is 0.774. The van der Waals surface area contributed by atoms with Gasteiger partial charge in [0, 0.05) is 13.3 Å². The molecule has 2 heterocycles. The Kier molecular flexibility index (Phi) is 2.46. The van der Waals surface area contributed by atoms with Gasteiger partial charge in [-0.1, -0.05) is 5.16 Å². The molecule has 2 rings (SSSR count). The SMILES string of the molecule is COCc1ccnc(-c2ncno2)n1. The fourth-order valence-corrected chi connectivity index (χ4v) is 0.999. The molecule has 2 aromatic rings. The van der Waals surface area contributed by atoms with Gasteiger partial charge in [-0.05, 0) is 6.07 Å². The lowest BCUT2D eigenvalue weighted by Crippen LogP contribution is -1.96. The summed E-state index contributed by atoms with van der Waals surface area (Å²) >= 11 is 0. The van der Waals surface area contributed by atoms with Gasteiger partial charge in [-0.2, -0.15) is 4.98 Å². The van der Waals surface area contributed by atoms with Crippen molar-refractivity contribution >= 4 is 0 Å². The van der Waals surface area contributed by atoms with Crippen LogP contribution in [0.1, 0.15) is 5.69 Å². The number of nitrogens with zero attached hydrogens (tertiary/aromatic N) is 4. The Balaban J connectivity index is 2.31. The molecule has 72 valence electrons. The molecule has 0 N–H and O–H groups in total. The van der Waals surface area contributed by atoms with Gasteiger partial charge in [-0.25, -0.2) is 9.97 Å². The minimum Gasteiger partial charge on any atom is -0.378 e. The van der Waals surface area contributed by atoms with Crippen molar-refractivity contribution in [2.45, 2.75) is 6.61 Å². The summed E-state index contributed by atoms with van der Waals surface area (Å²) in [5.74, 6) is 0.722. The predicted molar refractivity (Wildman–Crippen MR) is 46.0 cm³/mol. The van der Waals surface area contributed by atoms with E-state index < -0.39 is 0 Å². The van der Waals surface area contributed by atoms with Gasteiger partial charge in [-0.3, -0.25) is 0 Å². The van der Waals surface area contributed by atoms with Crippen LogP contribution in [0.25, 0.3) is 11.7 Å². The van der Waals surface area contributed by atoms with Crippen molar-refractivity contribution in [3.63, 3.8) is 0 Å². The van der Waals surface area contributed by atoms with Crippen molar-refractivity contribution in [1.82, 2.24) is 20.1 Å². The summed E-state index contributed by atoms with van der Waals surface area (Å²) in [6.07, 6.45) is 2.93. The number of hydrogen-bond donors (Lipinski definition) is 0. The molecule has 0 atom stereocenters. The van der Waals surface area contributed by atoms with Gasteiger partial charge in [0.2, 0.25) is 5.82 Å². The molecule has 6 nitrogen and oxygen atoms in total. The first-order valence-corrected chi connectivity index (χ1v) is 3.98. The lowest BCUT2D eigenvalue weighted by molar-refractivity contribution is 0.181. The van der Waals surface area contributed by atoms with Gasteiger partial charge < -0.3 is 9.26 Å². The molecule has 0 aliphatic heterocycles. The highest BCUT2D eigenvalue weighted by atomic mass is 16.5. The third kappa shape index (κ3) is 1.74. The van der Waals surface area contributed by atoms with Crippen LogP contribution in [0.4, 0.5) is 0 Å². The van der Waals surface area contributed by atoms with Crippen LogP contribution in [0.15, 0.2) is 23.1 Å². The molecular formula is C8H8N4O2. The van der Waals surface area contributed by atoms with Crippen LogP contribution in [-0.4, -0.2) is 27.2 Å². The van der Waals surface area contributed by atoms with E-state index in [0.717, 1.165) is 5.69 Å². The molecule has 2 aromatic heterocycles. The molecule has 14 heavy (non-hydrogen) atoms. The average Bonchev–Trinajstić information content (AvgIpc) is 2.71. The standard InChI is InChI=1S/C8H8N4O2/c1-13-4-6-2-3-9-7(12-6)8-10-5-11-14-8/h2-3,5H,4H2,1H3. The Hall–Kier alpha value is -1.82. The predicted octanol–water partition coefficient (Wildman–Crippen LogP) is 0.673. The Morgan fingerprint density at radius 3 is 3.07 bits per heavy atom. The van der Waals surface area contributed by atoms with Crippen molar-refractivity contribution < 1.29 is 9.26 Å². The van der Waals surface area contributed by atoms with Gasteiger partial charge >= 0.3 is 0 Å². The number of rotatable bonds is 3. The molecule has 0 aliphatic rings. The van der Waals surface area contributed by atoms with Crippen LogP contribution in [0.3, 0.4) is 0 Å². The first kappa shape index (κ1) is 8.76. The Morgan fingerprint density at radius 1 is 1.43 bits per heavy atom. The maximum absolute atomic E-state index is 4.94. The average molecular weight is 192 g/mol. The highest BCUT2D eigenvalue weighted by Crippen LogP contribution is 2.09. The van der Waals surface area contributed by atoms with Gasteiger partial charge in [0.25, 0.3) is 5.89 Å². The Labute approximate surface area is 80.0 Å². The second kappa shape index (κ2) is 3.93. The molecule has 0 saturated carbocycles. The second-order valence-electron chi connectivity index (χ2n) is 2.55. The van der Waals surface area contributed by atoms with Crippen LogP contribution < -0.4 is 0 Å². The molecule has 6 heteroatoms. The van der Waals surface area contributed by atoms with Crippen LogP contribution in [0, 0.1) is 0 Å². The van der Waals surface area contributed by atoms with E-state index in [0.29, 0.717) is 18.3 Å². The van der Waals surface area contributed by atoms with E-state index in [1.807, 2.05) is 0 Å². The number of methoxy groups -OCH3 is 1. The third-order valence-electron chi connectivity index (χ3n) is 1.56. The molecule has 0 fully saturated rings. The van der Waals surface area contributed by atoms with E-state index in [4.69, 9.17) is 9.26 Å². The summed E-state index contributed by atoms with van der Waals surface area (Å²) in [6.45, 7) is 0.434. The zero-order chi connectivity index (χ0) is 9.80. The number of aromatic nitrogens is 4. The fourth-order valence-electron chi connectivity index (χ4n) is 0.999. The minimum absolute atomic E-state index is 0.308. The van der Waals surface area contributed by atoms with E-state index in [1.165, 1.54) is 6.33 Å². The van der Waals surface area contributed by atoms with E-state index in [-0.39, 0.29) is 0 Å². The smallest absolute Gasteiger partial charge is 0.295 e. The normalized spacial score (nSPS) is 10.4. The van der Waals surface area contributed by atoms with E-state index in [1.54, 1.807) is 19.4 Å². The van der Waals surface area contributed by atoms with Crippen molar-refractivity contribution in [2.24, 2.45) is 0 Å². The molecule has 0 spiro atoms. The third-order valence-corrected chi connectivity index (χ3v) is 1.56. The van der Waals surface area contributed by atoms with E-state index >= 15 is 0 Å². The van der Waals surface area contributed by atoms with Crippen molar-refractivity contribution in [3.8, 4) is 11.7 Å². The van der Waals surface area contributed by atoms with Crippen LogP contribution >= 0.6 is 0 Å². The molecule has 0 aromatic carbocycles. The van der Waals surface area contributed by atoms with Crippen molar-refractivity contribution in [2.75, 3.05) is 7.11 Å². The topological polar surface area (TPSA) is 73.9 Å².